The third-order valence-corrected chi connectivity index (χ3v) is 2.41. The summed E-state index contributed by atoms with van der Waals surface area (Å²) in [5.74, 6) is 0.135. The quantitative estimate of drug-likeness (QED) is 0.642. The van der Waals surface area contributed by atoms with E-state index < -0.39 is 23.9 Å². The number of rotatable bonds is 4. The second-order valence-electron chi connectivity index (χ2n) is 5.37. The van der Waals surface area contributed by atoms with E-state index in [1.165, 1.54) is 6.20 Å². The number of nitrogen functional groups attached to an aromatic ring is 1. The molecule has 7 heteroatoms. The van der Waals surface area contributed by atoms with E-state index in [1.54, 1.807) is 32.9 Å². The second-order valence-corrected chi connectivity index (χ2v) is 5.37. The normalized spacial score (nSPS) is 14.4. The Hall–Kier alpha value is -1.86. The van der Waals surface area contributed by atoms with Crippen molar-refractivity contribution in [2.45, 2.75) is 38.6 Å². The van der Waals surface area contributed by atoms with Gasteiger partial charge in [-0.2, -0.15) is 0 Å². The molecule has 0 spiro atoms. The van der Waals surface area contributed by atoms with Crippen LogP contribution >= 0.6 is 0 Å². The zero-order valence-corrected chi connectivity index (χ0v) is 11.8. The minimum absolute atomic E-state index is 0.135. The van der Waals surface area contributed by atoms with Crippen LogP contribution in [-0.2, 0) is 4.74 Å². The number of pyridine rings is 1. The first-order valence-electron chi connectivity index (χ1n) is 6.24. The third-order valence-electron chi connectivity index (χ3n) is 2.41. The number of hydrogen-bond donors (Lipinski definition) is 4. The summed E-state index contributed by atoms with van der Waals surface area (Å²) < 4.78 is 5.02. The maximum Gasteiger partial charge on any atom is 0.407 e. The predicted molar refractivity (Wildman–Crippen MR) is 73.9 cm³/mol. The van der Waals surface area contributed by atoms with Gasteiger partial charge in [0.25, 0.3) is 0 Å². The Labute approximate surface area is 117 Å². The van der Waals surface area contributed by atoms with Gasteiger partial charge in [0, 0.05) is 18.3 Å². The summed E-state index contributed by atoms with van der Waals surface area (Å²) in [7, 11) is 0. The maximum absolute atomic E-state index is 11.4. The monoisotopic (exact) mass is 283 g/mol. The van der Waals surface area contributed by atoms with Gasteiger partial charge in [0.2, 0.25) is 0 Å². The molecule has 2 atom stereocenters. The van der Waals surface area contributed by atoms with Gasteiger partial charge < -0.3 is 26.0 Å². The van der Waals surface area contributed by atoms with Crippen LogP contribution in [0.15, 0.2) is 18.3 Å². The van der Waals surface area contributed by atoms with Crippen LogP contribution in [0.2, 0.25) is 0 Å². The summed E-state index contributed by atoms with van der Waals surface area (Å²) in [5.41, 5.74) is 5.29. The summed E-state index contributed by atoms with van der Waals surface area (Å²) in [6, 6.07) is 3.16. The Morgan fingerprint density at radius 2 is 2.15 bits per heavy atom. The number of amides is 1. The van der Waals surface area contributed by atoms with Gasteiger partial charge >= 0.3 is 6.09 Å². The maximum atomic E-state index is 11.4. The van der Waals surface area contributed by atoms with Gasteiger partial charge in [0.1, 0.15) is 23.6 Å². The molecule has 1 amide bonds. The van der Waals surface area contributed by atoms with Gasteiger partial charge in [0.05, 0.1) is 0 Å². The lowest BCUT2D eigenvalue weighted by Gasteiger charge is -2.22. The standard InChI is InChI=1S/C13H21N3O4/c1-13(2,3)20-12(19)16-7-9(17)10(18)8-5-4-6-15-11(8)14/h4-6,9-10,17-18H,7H2,1-3H3,(H2,14,15)(H,16,19). The second kappa shape index (κ2) is 6.53. The molecule has 1 heterocycles. The summed E-state index contributed by atoms with van der Waals surface area (Å²) in [4.78, 5) is 15.2. The molecule has 0 aliphatic rings. The first kappa shape index (κ1) is 16.2. The van der Waals surface area contributed by atoms with Gasteiger partial charge in [-0.15, -0.1) is 0 Å². The van der Waals surface area contributed by atoms with E-state index in [2.05, 4.69) is 10.3 Å². The molecule has 0 fully saturated rings. The molecule has 2 unspecified atom stereocenters. The minimum atomic E-state index is -1.24. The number of aliphatic hydroxyl groups is 2. The highest BCUT2D eigenvalue weighted by molar-refractivity contribution is 5.67. The van der Waals surface area contributed by atoms with Crippen LogP contribution in [0.1, 0.15) is 32.4 Å². The largest absolute Gasteiger partial charge is 0.444 e. The van der Waals surface area contributed by atoms with Crippen LogP contribution in [0.25, 0.3) is 0 Å². The van der Waals surface area contributed by atoms with Crippen molar-refractivity contribution in [3.05, 3.63) is 23.9 Å². The van der Waals surface area contributed by atoms with Crippen molar-refractivity contribution in [1.29, 1.82) is 0 Å². The van der Waals surface area contributed by atoms with Crippen molar-refractivity contribution in [3.8, 4) is 0 Å². The van der Waals surface area contributed by atoms with E-state index in [4.69, 9.17) is 10.5 Å². The Bertz CT molecular complexity index is 459. The van der Waals surface area contributed by atoms with E-state index in [9.17, 15) is 15.0 Å². The zero-order chi connectivity index (χ0) is 15.3. The Balaban J connectivity index is 2.53. The first-order chi connectivity index (χ1) is 9.20. The third kappa shape index (κ3) is 5.02. The average molecular weight is 283 g/mol. The van der Waals surface area contributed by atoms with Crippen molar-refractivity contribution < 1.29 is 19.7 Å². The molecule has 5 N–H and O–H groups in total. The van der Waals surface area contributed by atoms with Crippen molar-refractivity contribution in [3.63, 3.8) is 0 Å². The number of nitrogens with one attached hydrogen (secondary N) is 1. The van der Waals surface area contributed by atoms with Crippen LogP contribution < -0.4 is 11.1 Å². The molecule has 1 aromatic heterocycles. The highest BCUT2D eigenvalue weighted by Gasteiger charge is 2.23. The molecule has 112 valence electrons. The number of alkyl carbamates (subject to hydrolysis) is 1. The summed E-state index contributed by atoms with van der Waals surface area (Å²) in [5, 5.41) is 22.2. The van der Waals surface area contributed by atoms with Gasteiger partial charge in [-0.1, -0.05) is 6.07 Å². The molecular weight excluding hydrogens is 262 g/mol. The lowest BCUT2D eigenvalue weighted by Crippen LogP contribution is -2.39. The molecule has 0 saturated heterocycles. The fourth-order valence-corrected chi connectivity index (χ4v) is 1.50. The van der Waals surface area contributed by atoms with Crippen molar-refractivity contribution in [1.82, 2.24) is 10.3 Å². The van der Waals surface area contributed by atoms with Crippen LogP contribution in [0, 0.1) is 0 Å². The molecule has 20 heavy (non-hydrogen) atoms. The molecular formula is C13H21N3O4. The number of carbonyl (C=O) groups is 1. The van der Waals surface area contributed by atoms with Gasteiger partial charge in [-0.25, -0.2) is 9.78 Å². The fraction of sp³-hybridized carbons (Fsp3) is 0.538. The summed E-state index contributed by atoms with van der Waals surface area (Å²) in [6.07, 6.45) is -1.63. The van der Waals surface area contributed by atoms with Gasteiger partial charge in [0.15, 0.2) is 0 Å². The average Bonchev–Trinajstić information content (AvgIpc) is 2.33. The van der Waals surface area contributed by atoms with Crippen molar-refractivity contribution in [2.75, 3.05) is 12.3 Å². The fourth-order valence-electron chi connectivity index (χ4n) is 1.50. The van der Waals surface area contributed by atoms with Crippen LogP contribution in [0.3, 0.4) is 0 Å². The molecule has 0 aliphatic heterocycles. The lowest BCUT2D eigenvalue weighted by molar-refractivity contribution is 0.0132. The molecule has 0 aromatic carbocycles. The Morgan fingerprint density at radius 3 is 2.70 bits per heavy atom. The molecule has 0 saturated carbocycles. The van der Waals surface area contributed by atoms with Crippen molar-refractivity contribution in [2.24, 2.45) is 0 Å². The highest BCUT2D eigenvalue weighted by Crippen LogP contribution is 2.20. The van der Waals surface area contributed by atoms with Crippen LogP contribution in [0.5, 0.6) is 0 Å². The van der Waals surface area contributed by atoms with E-state index in [1.807, 2.05) is 0 Å². The minimum Gasteiger partial charge on any atom is -0.444 e. The van der Waals surface area contributed by atoms with E-state index in [-0.39, 0.29) is 12.4 Å². The SMILES string of the molecule is CC(C)(C)OC(=O)NCC(O)C(O)c1cccnc1N. The number of carbonyl (C=O) groups excluding carboxylic acids is 1. The Morgan fingerprint density at radius 1 is 1.50 bits per heavy atom. The van der Waals surface area contributed by atoms with E-state index in [0.717, 1.165) is 0 Å². The topological polar surface area (TPSA) is 118 Å². The summed E-state index contributed by atoms with van der Waals surface area (Å²) in [6.45, 7) is 5.03. The number of aromatic nitrogens is 1. The molecule has 1 aromatic rings. The molecule has 0 radical (unpaired) electrons. The lowest BCUT2D eigenvalue weighted by atomic mass is 10.1. The number of nitrogens with two attached hydrogens (primary N) is 1. The molecule has 0 aliphatic carbocycles. The first-order valence-corrected chi connectivity index (χ1v) is 6.24. The Kier molecular flexibility index (Phi) is 5.29. The number of hydrogen-bond acceptors (Lipinski definition) is 6. The molecule has 0 bridgehead atoms. The molecule has 1 rings (SSSR count). The van der Waals surface area contributed by atoms with Gasteiger partial charge in [-0.05, 0) is 26.8 Å². The number of anilines is 1. The number of ether oxygens (including phenoxy) is 1. The smallest absolute Gasteiger partial charge is 0.407 e. The highest BCUT2D eigenvalue weighted by atomic mass is 16.6. The van der Waals surface area contributed by atoms with Gasteiger partial charge in [-0.3, -0.25) is 0 Å². The van der Waals surface area contributed by atoms with Crippen LogP contribution in [0.4, 0.5) is 10.6 Å². The van der Waals surface area contributed by atoms with E-state index >= 15 is 0 Å². The van der Waals surface area contributed by atoms with E-state index in [0.29, 0.717) is 5.56 Å². The van der Waals surface area contributed by atoms with Crippen LogP contribution in [-0.4, -0.2) is 39.5 Å². The summed E-state index contributed by atoms with van der Waals surface area (Å²) >= 11 is 0. The zero-order valence-electron chi connectivity index (χ0n) is 11.8. The van der Waals surface area contributed by atoms with Crippen molar-refractivity contribution >= 4 is 11.9 Å². The predicted octanol–water partition coefficient (Wildman–Crippen LogP) is 0.583. The number of nitrogens with zero attached hydrogens (tertiary/aromatic N) is 1. The number of aliphatic hydroxyl groups excluding tert-OH is 2. The molecule has 7 nitrogen and oxygen atoms in total.